The molecular weight excluding hydrogens is 334 g/mol. The van der Waals surface area contributed by atoms with Gasteiger partial charge in [0.2, 0.25) is 5.89 Å². The van der Waals surface area contributed by atoms with Crippen LogP contribution in [0, 0.1) is 11.6 Å². The van der Waals surface area contributed by atoms with Gasteiger partial charge < -0.3 is 15.1 Å². The first-order chi connectivity index (χ1) is 9.61. The normalized spacial score (nSPS) is 14.6. The lowest BCUT2D eigenvalue weighted by Gasteiger charge is -2.05. The Morgan fingerprint density at radius 2 is 1.95 bits per heavy atom. The van der Waals surface area contributed by atoms with Gasteiger partial charge in [0.1, 0.15) is 5.69 Å². The zero-order valence-corrected chi connectivity index (χ0v) is 11.9. The van der Waals surface area contributed by atoms with Crippen molar-refractivity contribution in [2.75, 3.05) is 5.32 Å². The van der Waals surface area contributed by atoms with Crippen molar-refractivity contribution in [1.29, 1.82) is 0 Å². The summed E-state index contributed by atoms with van der Waals surface area (Å²) in [4.78, 5) is 0. The zero-order valence-electron chi connectivity index (χ0n) is 10.3. The molecule has 0 amide bonds. The van der Waals surface area contributed by atoms with Crippen molar-refractivity contribution >= 4 is 27.6 Å². The molecule has 20 heavy (non-hydrogen) atoms. The van der Waals surface area contributed by atoms with Crippen molar-refractivity contribution in [3.05, 3.63) is 34.1 Å². The summed E-state index contributed by atoms with van der Waals surface area (Å²) in [6, 6.07) is 2.77. The molecule has 1 aliphatic rings. The molecule has 1 aromatic heterocycles. The van der Waals surface area contributed by atoms with Crippen LogP contribution in [0.4, 0.5) is 20.5 Å². The van der Waals surface area contributed by atoms with Crippen molar-refractivity contribution in [3.63, 3.8) is 0 Å². The number of halogens is 3. The molecule has 0 radical (unpaired) electrons. The first-order valence-electron chi connectivity index (χ1n) is 6.09. The highest BCUT2D eigenvalue weighted by Crippen LogP contribution is 2.26. The molecule has 0 atom stereocenters. The minimum absolute atomic E-state index is 0.0438. The maximum absolute atomic E-state index is 13.6. The van der Waals surface area contributed by atoms with Crippen LogP contribution in [0.2, 0.25) is 0 Å². The number of anilines is 2. The fraction of sp³-hybridized carbons (Fsp3) is 0.333. The summed E-state index contributed by atoms with van der Waals surface area (Å²) in [7, 11) is 0. The quantitative estimate of drug-likeness (QED) is 0.872. The van der Waals surface area contributed by atoms with Gasteiger partial charge in [-0.25, -0.2) is 8.78 Å². The molecule has 3 rings (SSSR count). The van der Waals surface area contributed by atoms with Crippen LogP contribution in [0.5, 0.6) is 0 Å². The van der Waals surface area contributed by atoms with E-state index >= 15 is 0 Å². The van der Waals surface area contributed by atoms with Crippen LogP contribution in [0.3, 0.4) is 0 Å². The molecule has 0 bridgehead atoms. The van der Waals surface area contributed by atoms with E-state index in [0.717, 1.165) is 25.0 Å². The number of rotatable bonds is 5. The lowest BCUT2D eigenvalue weighted by atomic mass is 10.3. The standard InChI is InChI=1S/C12H11BrF2N4O/c13-6-3-8(14)11(9(15)4-6)17-12-19-18-10(20-12)5-16-7-1-2-7/h3-4,7,16H,1-2,5H2,(H,17,19). The largest absolute Gasteiger partial charge is 0.406 e. The predicted molar refractivity (Wildman–Crippen MR) is 71.5 cm³/mol. The summed E-state index contributed by atoms with van der Waals surface area (Å²) in [5.74, 6) is -1.11. The van der Waals surface area contributed by atoms with E-state index in [4.69, 9.17) is 4.42 Å². The van der Waals surface area contributed by atoms with Crippen molar-refractivity contribution in [2.45, 2.75) is 25.4 Å². The topological polar surface area (TPSA) is 63.0 Å². The van der Waals surface area contributed by atoms with E-state index in [1.54, 1.807) is 0 Å². The van der Waals surface area contributed by atoms with Crippen molar-refractivity contribution in [2.24, 2.45) is 0 Å². The van der Waals surface area contributed by atoms with Gasteiger partial charge in [-0.3, -0.25) is 0 Å². The molecule has 1 aliphatic carbocycles. The molecule has 1 fully saturated rings. The van der Waals surface area contributed by atoms with E-state index in [1.165, 1.54) is 0 Å². The number of nitrogens with one attached hydrogen (secondary N) is 2. The van der Waals surface area contributed by atoms with Crippen molar-refractivity contribution < 1.29 is 13.2 Å². The number of aromatic nitrogens is 2. The molecule has 1 heterocycles. The Balaban J connectivity index is 1.70. The average Bonchev–Trinajstić information content (AvgIpc) is 3.11. The lowest BCUT2D eigenvalue weighted by Crippen LogP contribution is -2.15. The Morgan fingerprint density at radius 1 is 1.25 bits per heavy atom. The fourth-order valence-corrected chi connectivity index (χ4v) is 2.07. The Kier molecular flexibility index (Phi) is 3.66. The first kappa shape index (κ1) is 13.4. The van der Waals surface area contributed by atoms with E-state index in [-0.39, 0.29) is 11.7 Å². The molecule has 8 heteroatoms. The van der Waals surface area contributed by atoms with E-state index in [1.807, 2.05) is 0 Å². The maximum atomic E-state index is 13.6. The van der Waals surface area contributed by atoms with Gasteiger partial charge in [0.25, 0.3) is 0 Å². The summed E-state index contributed by atoms with van der Waals surface area (Å²) in [5.41, 5.74) is -0.321. The van der Waals surface area contributed by atoms with Crippen LogP contribution in [-0.2, 0) is 6.54 Å². The number of benzene rings is 1. The van der Waals surface area contributed by atoms with Gasteiger partial charge in [0.15, 0.2) is 11.6 Å². The maximum Gasteiger partial charge on any atom is 0.320 e. The Hall–Kier alpha value is -1.54. The van der Waals surface area contributed by atoms with E-state index in [2.05, 4.69) is 36.8 Å². The smallest absolute Gasteiger partial charge is 0.320 e. The van der Waals surface area contributed by atoms with Crippen LogP contribution >= 0.6 is 15.9 Å². The van der Waals surface area contributed by atoms with Gasteiger partial charge in [0, 0.05) is 10.5 Å². The zero-order chi connectivity index (χ0) is 14.1. The Morgan fingerprint density at radius 3 is 2.60 bits per heavy atom. The van der Waals surface area contributed by atoms with Crippen molar-refractivity contribution in [3.8, 4) is 0 Å². The molecule has 106 valence electrons. The Bertz CT molecular complexity index is 607. The van der Waals surface area contributed by atoms with Gasteiger partial charge >= 0.3 is 6.01 Å². The monoisotopic (exact) mass is 344 g/mol. The highest BCUT2D eigenvalue weighted by molar-refractivity contribution is 9.10. The van der Waals surface area contributed by atoms with Crippen LogP contribution in [0.15, 0.2) is 21.0 Å². The van der Waals surface area contributed by atoms with Crippen LogP contribution in [0.1, 0.15) is 18.7 Å². The highest BCUT2D eigenvalue weighted by atomic mass is 79.9. The molecule has 0 unspecified atom stereocenters. The second-order valence-electron chi connectivity index (χ2n) is 4.53. The summed E-state index contributed by atoms with van der Waals surface area (Å²) in [5, 5.41) is 13.1. The van der Waals surface area contributed by atoms with Crippen LogP contribution in [0.25, 0.3) is 0 Å². The lowest BCUT2D eigenvalue weighted by molar-refractivity contribution is 0.477. The van der Waals surface area contributed by atoms with Crippen LogP contribution in [-0.4, -0.2) is 16.2 Å². The summed E-state index contributed by atoms with van der Waals surface area (Å²) >= 11 is 3.01. The number of hydrogen-bond acceptors (Lipinski definition) is 5. The van der Waals surface area contributed by atoms with E-state index in [0.29, 0.717) is 23.0 Å². The van der Waals surface area contributed by atoms with Gasteiger partial charge in [0.05, 0.1) is 6.54 Å². The fourth-order valence-electron chi connectivity index (χ4n) is 1.66. The third-order valence-electron chi connectivity index (χ3n) is 2.82. The minimum Gasteiger partial charge on any atom is -0.406 e. The molecule has 0 aliphatic heterocycles. The van der Waals surface area contributed by atoms with Gasteiger partial charge in [-0.1, -0.05) is 21.0 Å². The Labute approximate surface area is 121 Å². The molecule has 0 saturated heterocycles. The summed E-state index contributed by atoms with van der Waals surface area (Å²) in [6.07, 6.45) is 2.29. The third kappa shape index (κ3) is 3.13. The molecule has 5 nitrogen and oxygen atoms in total. The average molecular weight is 345 g/mol. The summed E-state index contributed by atoms with van der Waals surface area (Å²) < 4.78 is 32.8. The predicted octanol–water partition coefficient (Wildman–Crippen LogP) is 3.11. The van der Waals surface area contributed by atoms with E-state index < -0.39 is 11.6 Å². The number of nitrogens with zero attached hydrogens (tertiary/aromatic N) is 2. The number of hydrogen-bond donors (Lipinski definition) is 2. The molecule has 1 saturated carbocycles. The highest BCUT2D eigenvalue weighted by Gasteiger charge is 2.21. The first-order valence-corrected chi connectivity index (χ1v) is 6.88. The molecular formula is C12H11BrF2N4O. The minimum atomic E-state index is -0.743. The third-order valence-corrected chi connectivity index (χ3v) is 3.28. The van der Waals surface area contributed by atoms with E-state index in [9.17, 15) is 8.78 Å². The molecule has 2 N–H and O–H groups in total. The second kappa shape index (κ2) is 5.45. The molecule has 2 aromatic rings. The van der Waals surface area contributed by atoms with Crippen LogP contribution < -0.4 is 10.6 Å². The van der Waals surface area contributed by atoms with Gasteiger partial charge in [-0.15, -0.1) is 5.10 Å². The molecule has 0 spiro atoms. The molecule has 1 aromatic carbocycles. The van der Waals surface area contributed by atoms with Gasteiger partial charge in [-0.05, 0) is 25.0 Å². The SMILES string of the molecule is Fc1cc(Br)cc(F)c1Nc1nnc(CNC2CC2)o1. The second-order valence-corrected chi connectivity index (χ2v) is 5.44. The van der Waals surface area contributed by atoms with Gasteiger partial charge in [-0.2, -0.15) is 0 Å². The summed E-state index contributed by atoms with van der Waals surface area (Å²) in [6.45, 7) is 0.449. The van der Waals surface area contributed by atoms with Crippen molar-refractivity contribution in [1.82, 2.24) is 15.5 Å².